The first-order valence-electron chi connectivity index (χ1n) is 7.59. The molecule has 2 heterocycles. The van der Waals surface area contributed by atoms with Crippen LogP contribution in [0.3, 0.4) is 0 Å². The van der Waals surface area contributed by atoms with Crippen LogP contribution in [0.2, 0.25) is 0 Å². The number of hydrogen-bond acceptors (Lipinski definition) is 5. The fourth-order valence-corrected chi connectivity index (χ4v) is 3.04. The maximum Gasteiger partial charge on any atom is 0.155 e. The topological polar surface area (TPSA) is 77.7 Å². The number of pyridine rings is 1. The summed E-state index contributed by atoms with van der Waals surface area (Å²) in [6.45, 7) is 0. The van der Waals surface area contributed by atoms with Crippen LogP contribution in [0.5, 0.6) is 0 Å². The molecule has 0 bridgehead atoms. The second-order valence-electron chi connectivity index (χ2n) is 5.60. The van der Waals surface area contributed by atoms with Gasteiger partial charge in [0.1, 0.15) is 11.6 Å². The van der Waals surface area contributed by atoms with Crippen LogP contribution in [0.15, 0.2) is 54.7 Å². The van der Waals surface area contributed by atoms with Crippen molar-refractivity contribution in [3.8, 4) is 5.82 Å². The van der Waals surface area contributed by atoms with Crippen molar-refractivity contribution in [3.05, 3.63) is 71.9 Å². The summed E-state index contributed by atoms with van der Waals surface area (Å²) in [6, 6.07) is 15.5. The predicted molar refractivity (Wildman–Crippen MR) is 91.6 cm³/mol. The summed E-state index contributed by atoms with van der Waals surface area (Å²) in [4.78, 5) is 8.66. The molecule has 0 spiro atoms. The van der Waals surface area contributed by atoms with Crippen molar-refractivity contribution >= 4 is 9.84 Å². The minimum Gasteiger partial charge on any atom is -0.237 e. The molecule has 0 aliphatic carbocycles. The van der Waals surface area contributed by atoms with Crippen LogP contribution < -0.4 is 0 Å². The highest BCUT2D eigenvalue weighted by molar-refractivity contribution is 7.89. The Labute approximate surface area is 141 Å². The van der Waals surface area contributed by atoms with Gasteiger partial charge in [-0.25, -0.2) is 18.4 Å². The lowest BCUT2D eigenvalue weighted by atomic mass is 10.1. The van der Waals surface area contributed by atoms with Crippen LogP contribution in [-0.4, -0.2) is 34.4 Å². The third kappa shape index (κ3) is 4.26. The standard InChI is InChI=1S/C17H18N4O2S/c1-24(22,23)13-17-19-15(11-10-14-7-3-2-4-8-14)20-21(17)16-9-5-6-12-18-16/h2-9,12H,10-11,13H2,1H3. The van der Waals surface area contributed by atoms with Crippen molar-refractivity contribution in [1.29, 1.82) is 0 Å². The van der Waals surface area contributed by atoms with Crippen LogP contribution in [0.4, 0.5) is 0 Å². The van der Waals surface area contributed by atoms with Crippen LogP contribution in [-0.2, 0) is 28.4 Å². The van der Waals surface area contributed by atoms with Gasteiger partial charge in [-0.05, 0) is 24.1 Å². The van der Waals surface area contributed by atoms with E-state index in [1.54, 1.807) is 18.3 Å². The summed E-state index contributed by atoms with van der Waals surface area (Å²) in [6.07, 6.45) is 4.27. The van der Waals surface area contributed by atoms with E-state index in [1.165, 1.54) is 16.5 Å². The minimum absolute atomic E-state index is 0.165. The molecule has 3 aromatic rings. The van der Waals surface area contributed by atoms with Gasteiger partial charge in [-0.2, -0.15) is 4.68 Å². The molecular weight excluding hydrogens is 324 g/mol. The Morgan fingerprint density at radius 2 is 1.75 bits per heavy atom. The molecule has 0 radical (unpaired) electrons. The van der Waals surface area contributed by atoms with Gasteiger partial charge in [0, 0.05) is 18.9 Å². The molecule has 1 aromatic carbocycles. The Hall–Kier alpha value is -2.54. The average Bonchev–Trinajstić information content (AvgIpc) is 2.95. The molecule has 0 saturated carbocycles. The molecule has 7 heteroatoms. The fraction of sp³-hybridized carbons (Fsp3) is 0.235. The Morgan fingerprint density at radius 1 is 1.00 bits per heavy atom. The Morgan fingerprint density at radius 3 is 2.42 bits per heavy atom. The van der Waals surface area contributed by atoms with E-state index in [-0.39, 0.29) is 5.75 Å². The first-order chi connectivity index (χ1) is 11.5. The molecule has 0 aliphatic heterocycles. The van der Waals surface area contributed by atoms with E-state index in [1.807, 2.05) is 36.4 Å². The minimum atomic E-state index is -3.21. The quantitative estimate of drug-likeness (QED) is 0.684. The first-order valence-corrected chi connectivity index (χ1v) is 9.65. The smallest absolute Gasteiger partial charge is 0.155 e. The molecule has 0 atom stereocenters. The Bertz CT molecular complexity index is 906. The molecular formula is C17H18N4O2S. The second-order valence-corrected chi connectivity index (χ2v) is 7.74. The molecule has 6 nitrogen and oxygen atoms in total. The van der Waals surface area contributed by atoms with Gasteiger partial charge >= 0.3 is 0 Å². The third-order valence-corrected chi connectivity index (χ3v) is 4.24. The zero-order valence-electron chi connectivity index (χ0n) is 13.3. The van der Waals surface area contributed by atoms with Crippen LogP contribution in [0.25, 0.3) is 5.82 Å². The lowest BCUT2D eigenvalue weighted by molar-refractivity contribution is 0.598. The van der Waals surface area contributed by atoms with Crippen molar-refractivity contribution in [1.82, 2.24) is 19.7 Å². The summed E-state index contributed by atoms with van der Waals surface area (Å²) in [5.41, 5.74) is 1.19. The van der Waals surface area contributed by atoms with Crippen molar-refractivity contribution in [2.45, 2.75) is 18.6 Å². The third-order valence-electron chi connectivity index (χ3n) is 3.46. The van der Waals surface area contributed by atoms with E-state index in [4.69, 9.17) is 0 Å². The maximum absolute atomic E-state index is 11.7. The number of benzene rings is 1. The molecule has 0 unspecified atom stereocenters. The van der Waals surface area contributed by atoms with Crippen molar-refractivity contribution < 1.29 is 8.42 Å². The molecule has 0 N–H and O–H groups in total. The van der Waals surface area contributed by atoms with Gasteiger partial charge in [0.2, 0.25) is 0 Å². The zero-order chi connectivity index (χ0) is 17.0. The second kappa shape index (κ2) is 6.92. The molecule has 0 amide bonds. The number of sulfone groups is 1. The van der Waals surface area contributed by atoms with Crippen molar-refractivity contribution in [2.24, 2.45) is 0 Å². The highest BCUT2D eigenvalue weighted by Gasteiger charge is 2.16. The van der Waals surface area contributed by atoms with E-state index >= 15 is 0 Å². The summed E-state index contributed by atoms with van der Waals surface area (Å²) in [5, 5.41) is 4.46. The van der Waals surface area contributed by atoms with Gasteiger partial charge < -0.3 is 0 Å². The average molecular weight is 342 g/mol. The summed E-state index contributed by atoms with van der Waals surface area (Å²) in [7, 11) is -3.21. The van der Waals surface area contributed by atoms with E-state index < -0.39 is 9.84 Å². The zero-order valence-corrected chi connectivity index (χ0v) is 14.1. The monoisotopic (exact) mass is 342 g/mol. The molecule has 3 rings (SSSR count). The summed E-state index contributed by atoms with van der Waals surface area (Å²) >= 11 is 0. The Balaban J connectivity index is 1.88. The molecule has 0 saturated heterocycles. The number of rotatable bonds is 6. The van der Waals surface area contributed by atoms with Crippen LogP contribution in [0, 0.1) is 0 Å². The van der Waals surface area contributed by atoms with Gasteiger partial charge in [-0.3, -0.25) is 0 Å². The summed E-state index contributed by atoms with van der Waals surface area (Å²) < 4.78 is 24.9. The van der Waals surface area contributed by atoms with Gasteiger partial charge in [-0.15, -0.1) is 5.10 Å². The number of aryl methyl sites for hydroxylation is 2. The normalized spacial score (nSPS) is 11.5. The van der Waals surface area contributed by atoms with Crippen molar-refractivity contribution in [2.75, 3.05) is 6.26 Å². The SMILES string of the molecule is CS(=O)(=O)Cc1nc(CCc2ccccc2)nn1-c1ccccn1. The van der Waals surface area contributed by atoms with Gasteiger partial charge in [0.15, 0.2) is 21.5 Å². The van der Waals surface area contributed by atoms with E-state index in [9.17, 15) is 8.42 Å². The van der Waals surface area contributed by atoms with E-state index in [2.05, 4.69) is 15.1 Å². The molecule has 2 aromatic heterocycles. The predicted octanol–water partition coefficient (Wildman–Crippen LogP) is 1.99. The Kier molecular flexibility index (Phi) is 4.71. The van der Waals surface area contributed by atoms with Gasteiger partial charge in [-0.1, -0.05) is 36.4 Å². The molecule has 0 aliphatic rings. The van der Waals surface area contributed by atoms with Gasteiger partial charge in [0.25, 0.3) is 0 Å². The highest BCUT2D eigenvalue weighted by Crippen LogP contribution is 2.12. The maximum atomic E-state index is 11.7. The highest BCUT2D eigenvalue weighted by atomic mass is 32.2. The lowest BCUT2D eigenvalue weighted by Crippen LogP contribution is -2.10. The fourth-order valence-electron chi connectivity index (χ4n) is 2.39. The largest absolute Gasteiger partial charge is 0.237 e. The van der Waals surface area contributed by atoms with Crippen LogP contribution >= 0.6 is 0 Å². The number of aromatic nitrogens is 4. The van der Waals surface area contributed by atoms with E-state index in [0.717, 1.165) is 6.42 Å². The van der Waals surface area contributed by atoms with Crippen LogP contribution in [0.1, 0.15) is 17.2 Å². The lowest BCUT2D eigenvalue weighted by Gasteiger charge is -2.03. The molecule has 24 heavy (non-hydrogen) atoms. The van der Waals surface area contributed by atoms with Gasteiger partial charge in [0.05, 0.1) is 0 Å². The number of nitrogens with zero attached hydrogens (tertiary/aromatic N) is 4. The molecule has 0 fully saturated rings. The van der Waals surface area contributed by atoms with E-state index in [0.29, 0.717) is 23.9 Å². The molecule has 124 valence electrons. The summed E-state index contributed by atoms with van der Waals surface area (Å²) in [5.74, 6) is 1.40. The first kappa shape index (κ1) is 16.3. The van der Waals surface area contributed by atoms with Crippen molar-refractivity contribution in [3.63, 3.8) is 0 Å². The number of hydrogen-bond donors (Lipinski definition) is 0.